The van der Waals surface area contributed by atoms with Gasteiger partial charge in [0.15, 0.2) is 23.1 Å². The molecule has 0 bridgehead atoms. The number of methoxy groups -OCH3 is 2. The topological polar surface area (TPSA) is 115 Å². The minimum absolute atomic E-state index is 0.332. The summed E-state index contributed by atoms with van der Waals surface area (Å²) in [6.45, 7) is 2.89. The van der Waals surface area contributed by atoms with Crippen LogP contribution in [0.5, 0.6) is 17.4 Å². The van der Waals surface area contributed by atoms with Gasteiger partial charge in [-0.1, -0.05) is 6.07 Å². The van der Waals surface area contributed by atoms with Crippen LogP contribution in [0.1, 0.15) is 11.1 Å². The molecule has 4 aromatic rings. The summed E-state index contributed by atoms with van der Waals surface area (Å²) in [6.07, 6.45) is 1.71. The van der Waals surface area contributed by atoms with Crippen LogP contribution in [0.15, 0.2) is 54.7 Å². The first kappa shape index (κ1) is 24.1. The molecule has 2 aromatic carbocycles. The maximum Gasteiger partial charge on any atom is 0.212 e. The summed E-state index contributed by atoms with van der Waals surface area (Å²) < 4.78 is 22.2. The highest BCUT2D eigenvalue weighted by atomic mass is 16.5. The van der Waals surface area contributed by atoms with Crippen molar-refractivity contribution in [2.24, 2.45) is 0 Å². The number of ether oxygens (including phenoxy) is 4. The fourth-order valence-electron chi connectivity index (χ4n) is 4.02. The number of fused-ring (bicyclic) bond motifs is 1. The van der Waals surface area contributed by atoms with Crippen molar-refractivity contribution in [2.45, 2.75) is 6.61 Å². The Balaban J connectivity index is 1.42. The first-order valence-electron chi connectivity index (χ1n) is 11.8. The summed E-state index contributed by atoms with van der Waals surface area (Å²) in [5.41, 5.74) is 3.37. The number of pyridine rings is 1. The maximum atomic E-state index is 9.56. The largest absolute Gasteiger partial charge is 0.493 e. The van der Waals surface area contributed by atoms with E-state index >= 15 is 0 Å². The Morgan fingerprint density at radius 2 is 1.89 bits per heavy atom. The van der Waals surface area contributed by atoms with Crippen molar-refractivity contribution in [3.8, 4) is 23.4 Å². The Morgan fingerprint density at radius 3 is 2.62 bits per heavy atom. The fraction of sp³-hybridized carbons (Fsp3) is 0.259. The van der Waals surface area contributed by atoms with E-state index in [1.807, 2.05) is 30.3 Å². The number of hydrogen-bond donors (Lipinski definition) is 1. The van der Waals surface area contributed by atoms with E-state index in [9.17, 15) is 5.26 Å². The molecular weight excluding hydrogens is 472 g/mol. The van der Waals surface area contributed by atoms with Crippen LogP contribution in [0.25, 0.3) is 11.0 Å². The zero-order valence-electron chi connectivity index (χ0n) is 20.6. The molecule has 1 aliphatic heterocycles. The second-order valence-corrected chi connectivity index (χ2v) is 8.27. The smallest absolute Gasteiger partial charge is 0.212 e. The summed E-state index contributed by atoms with van der Waals surface area (Å²) in [6, 6.07) is 16.9. The van der Waals surface area contributed by atoms with E-state index in [-0.39, 0.29) is 0 Å². The first-order valence-corrected chi connectivity index (χ1v) is 11.8. The van der Waals surface area contributed by atoms with E-state index in [1.165, 1.54) is 0 Å². The predicted octanol–water partition coefficient (Wildman–Crippen LogP) is 4.07. The number of rotatable bonds is 8. The van der Waals surface area contributed by atoms with Crippen molar-refractivity contribution < 1.29 is 18.9 Å². The van der Waals surface area contributed by atoms with Gasteiger partial charge in [-0.3, -0.25) is 0 Å². The molecule has 5 rings (SSSR count). The van der Waals surface area contributed by atoms with Crippen LogP contribution in [0, 0.1) is 11.3 Å². The molecule has 0 unspecified atom stereocenters. The van der Waals surface area contributed by atoms with Gasteiger partial charge in [0.05, 0.1) is 38.5 Å². The molecule has 188 valence electrons. The molecule has 0 aliphatic carbocycles. The third kappa shape index (κ3) is 5.32. The molecule has 37 heavy (non-hydrogen) atoms. The zero-order chi connectivity index (χ0) is 25.6. The third-order valence-corrected chi connectivity index (χ3v) is 5.94. The Hall–Kier alpha value is -4.62. The Kier molecular flexibility index (Phi) is 7.14. The molecule has 1 saturated heterocycles. The average Bonchev–Trinajstić information content (AvgIpc) is 2.96. The van der Waals surface area contributed by atoms with Crippen LogP contribution < -0.4 is 24.4 Å². The zero-order valence-corrected chi connectivity index (χ0v) is 20.6. The first-order chi connectivity index (χ1) is 18.2. The number of aromatic nitrogens is 3. The van der Waals surface area contributed by atoms with Crippen LogP contribution in [0.2, 0.25) is 0 Å². The summed E-state index contributed by atoms with van der Waals surface area (Å²) >= 11 is 0. The number of benzene rings is 2. The quantitative estimate of drug-likeness (QED) is 0.381. The summed E-state index contributed by atoms with van der Waals surface area (Å²) in [5.74, 6) is 2.98. The molecule has 0 amide bonds. The highest BCUT2D eigenvalue weighted by molar-refractivity contribution is 5.86. The molecule has 1 fully saturated rings. The highest BCUT2D eigenvalue weighted by Gasteiger charge is 2.20. The summed E-state index contributed by atoms with van der Waals surface area (Å²) in [7, 11) is 3.18. The van der Waals surface area contributed by atoms with Crippen molar-refractivity contribution >= 4 is 28.4 Å². The molecule has 2 aromatic heterocycles. The number of morpholine rings is 1. The highest BCUT2D eigenvalue weighted by Crippen LogP contribution is 2.34. The lowest BCUT2D eigenvalue weighted by atomic mass is 10.2. The number of nitriles is 1. The lowest BCUT2D eigenvalue weighted by molar-refractivity contribution is 0.122. The molecule has 0 spiro atoms. The lowest BCUT2D eigenvalue weighted by Gasteiger charge is -2.29. The molecule has 1 N–H and O–H groups in total. The molecular formula is C27H26N6O4. The lowest BCUT2D eigenvalue weighted by Crippen LogP contribution is -2.37. The fourth-order valence-corrected chi connectivity index (χ4v) is 4.02. The molecule has 3 heterocycles. The number of nitrogens with one attached hydrogen (secondary N) is 1. The van der Waals surface area contributed by atoms with Gasteiger partial charge in [-0.15, -0.1) is 0 Å². The maximum absolute atomic E-state index is 9.56. The molecule has 0 radical (unpaired) electrons. The van der Waals surface area contributed by atoms with Crippen molar-refractivity contribution in [2.75, 3.05) is 50.7 Å². The van der Waals surface area contributed by atoms with Crippen LogP contribution in [-0.4, -0.2) is 55.5 Å². The third-order valence-electron chi connectivity index (χ3n) is 5.94. The van der Waals surface area contributed by atoms with Gasteiger partial charge in [-0.2, -0.15) is 5.26 Å². The molecule has 0 atom stereocenters. The second kappa shape index (κ2) is 11.0. The van der Waals surface area contributed by atoms with Gasteiger partial charge in [0.1, 0.15) is 18.2 Å². The normalized spacial score (nSPS) is 13.2. The second-order valence-electron chi connectivity index (χ2n) is 8.27. The van der Waals surface area contributed by atoms with Crippen molar-refractivity contribution in [1.82, 2.24) is 15.0 Å². The molecule has 0 saturated carbocycles. The van der Waals surface area contributed by atoms with Crippen molar-refractivity contribution in [3.63, 3.8) is 0 Å². The van der Waals surface area contributed by atoms with Crippen molar-refractivity contribution in [1.29, 1.82) is 5.26 Å². The minimum atomic E-state index is 0.332. The summed E-state index contributed by atoms with van der Waals surface area (Å²) in [4.78, 5) is 16.0. The van der Waals surface area contributed by atoms with Gasteiger partial charge in [0, 0.05) is 42.7 Å². The molecule has 10 heteroatoms. The number of nitrogens with zero attached hydrogens (tertiary/aromatic N) is 5. The Labute approximate surface area is 214 Å². The number of para-hydroxylation sites is 1. The summed E-state index contributed by atoms with van der Waals surface area (Å²) in [5, 5.41) is 13.0. The Morgan fingerprint density at radius 1 is 1.03 bits per heavy atom. The van der Waals surface area contributed by atoms with Crippen LogP contribution in [0.4, 0.5) is 17.3 Å². The van der Waals surface area contributed by atoms with E-state index in [1.54, 1.807) is 38.6 Å². The van der Waals surface area contributed by atoms with E-state index in [0.29, 0.717) is 78.5 Å². The van der Waals surface area contributed by atoms with Crippen LogP contribution >= 0.6 is 0 Å². The van der Waals surface area contributed by atoms with E-state index in [2.05, 4.69) is 21.3 Å². The van der Waals surface area contributed by atoms with Gasteiger partial charge in [0.25, 0.3) is 0 Å². The number of anilines is 3. The van der Waals surface area contributed by atoms with Gasteiger partial charge in [-0.25, -0.2) is 15.0 Å². The van der Waals surface area contributed by atoms with Gasteiger partial charge in [0.2, 0.25) is 5.88 Å². The molecule has 1 aliphatic rings. The van der Waals surface area contributed by atoms with E-state index in [4.69, 9.17) is 28.9 Å². The van der Waals surface area contributed by atoms with Crippen LogP contribution in [-0.2, 0) is 11.3 Å². The number of hydrogen-bond acceptors (Lipinski definition) is 10. The van der Waals surface area contributed by atoms with Gasteiger partial charge >= 0.3 is 0 Å². The minimum Gasteiger partial charge on any atom is -0.493 e. The predicted molar refractivity (Wildman–Crippen MR) is 139 cm³/mol. The van der Waals surface area contributed by atoms with E-state index in [0.717, 1.165) is 11.3 Å². The monoisotopic (exact) mass is 498 g/mol. The molecule has 10 nitrogen and oxygen atoms in total. The SMILES string of the molecule is COc1ccc(COc2ccc(Nc3nc4cccc(C#N)c4nc3N3CCOCC3)cc2OC)cn1. The van der Waals surface area contributed by atoms with E-state index < -0.39 is 0 Å². The van der Waals surface area contributed by atoms with Crippen LogP contribution in [0.3, 0.4) is 0 Å². The van der Waals surface area contributed by atoms with Gasteiger partial charge in [-0.05, 0) is 30.3 Å². The van der Waals surface area contributed by atoms with Crippen molar-refractivity contribution in [3.05, 3.63) is 65.9 Å². The Bertz CT molecular complexity index is 1430. The van der Waals surface area contributed by atoms with Gasteiger partial charge < -0.3 is 29.2 Å². The standard InChI is InChI=1S/C27H26N6O4/c1-34-23-14-20(7-8-22(23)37-17-18-6-9-24(35-2)29-16-18)30-26-27(33-10-12-36-13-11-33)32-25-19(15-28)4-3-5-21(25)31-26/h3-9,14,16H,10-13,17H2,1-2H3,(H,30,31). The average molecular weight is 499 g/mol.